The minimum absolute atomic E-state index is 0.0408. The summed E-state index contributed by atoms with van der Waals surface area (Å²) in [5, 5.41) is 19.5. The second-order valence-electron chi connectivity index (χ2n) is 5.15. The van der Waals surface area contributed by atoms with Gasteiger partial charge < -0.3 is 9.67 Å². The van der Waals surface area contributed by atoms with Crippen molar-refractivity contribution in [2.45, 2.75) is 33.7 Å². The summed E-state index contributed by atoms with van der Waals surface area (Å²) in [6.07, 6.45) is 2.02. The number of carboxylic acids is 1. The number of carbonyl (C=O) groups is 1. The van der Waals surface area contributed by atoms with Crippen LogP contribution in [0.3, 0.4) is 0 Å². The zero-order chi connectivity index (χ0) is 13.2. The number of hydrogen-bond donors (Lipinski definition) is 1. The lowest BCUT2D eigenvalue weighted by Gasteiger charge is -2.18. The summed E-state index contributed by atoms with van der Waals surface area (Å²) in [7, 11) is 0. The van der Waals surface area contributed by atoms with Crippen LogP contribution >= 0.6 is 0 Å². The van der Waals surface area contributed by atoms with E-state index in [4.69, 9.17) is 5.11 Å². The standard InChI is InChI=1S/C11H16N2O4/c1-11(2,3)4-5-12-7-8(13(16)17)6-9(12)10(14)15/h6-7H,4-5H2,1-3H3,(H,14,15). The highest BCUT2D eigenvalue weighted by molar-refractivity contribution is 5.86. The number of nitrogens with zero attached hydrogens (tertiary/aromatic N) is 2. The molecule has 0 radical (unpaired) electrons. The molecule has 1 N–H and O–H groups in total. The second-order valence-corrected chi connectivity index (χ2v) is 5.15. The van der Waals surface area contributed by atoms with Crippen LogP contribution in [0, 0.1) is 15.5 Å². The zero-order valence-corrected chi connectivity index (χ0v) is 10.1. The molecule has 0 aromatic carbocycles. The number of aryl methyl sites for hydroxylation is 1. The van der Waals surface area contributed by atoms with Crippen LogP contribution in [0.2, 0.25) is 0 Å². The van der Waals surface area contributed by atoms with Gasteiger partial charge in [-0.1, -0.05) is 20.8 Å². The minimum atomic E-state index is -1.15. The molecule has 1 aromatic rings. The van der Waals surface area contributed by atoms with Gasteiger partial charge in [-0.05, 0) is 11.8 Å². The van der Waals surface area contributed by atoms with Gasteiger partial charge in [0.05, 0.1) is 11.1 Å². The van der Waals surface area contributed by atoms with E-state index >= 15 is 0 Å². The summed E-state index contributed by atoms with van der Waals surface area (Å²) < 4.78 is 1.42. The van der Waals surface area contributed by atoms with E-state index in [-0.39, 0.29) is 16.8 Å². The lowest BCUT2D eigenvalue weighted by molar-refractivity contribution is -0.384. The monoisotopic (exact) mass is 240 g/mol. The third kappa shape index (κ3) is 3.58. The van der Waals surface area contributed by atoms with Crippen molar-refractivity contribution in [1.82, 2.24) is 4.57 Å². The Kier molecular flexibility index (Phi) is 3.55. The molecule has 0 fully saturated rings. The molecule has 0 bridgehead atoms. The quantitative estimate of drug-likeness (QED) is 0.647. The normalized spacial score (nSPS) is 11.5. The van der Waals surface area contributed by atoms with Crippen LogP contribution in [0.5, 0.6) is 0 Å². The molecular formula is C11H16N2O4. The van der Waals surface area contributed by atoms with Crippen molar-refractivity contribution in [3.05, 3.63) is 28.1 Å². The Labute approximate surface area is 99.0 Å². The van der Waals surface area contributed by atoms with E-state index in [2.05, 4.69) is 0 Å². The fourth-order valence-corrected chi connectivity index (χ4v) is 1.41. The van der Waals surface area contributed by atoms with Gasteiger partial charge in [0.15, 0.2) is 0 Å². The smallest absolute Gasteiger partial charge is 0.352 e. The van der Waals surface area contributed by atoms with E-state index in [9.17, 15) is 14.9 Å². The molecule has 0 unspecified atom stereocenters. The zero-order valence-electron chi connectivity index (χ0n) is 10.1. The summed E-state index contributed by atoms with van der Waals surface area (Å²) in [6.45, 7) is 6.56. The van der Waals surface area contributed by atoms with E-state index in [1.165, 1.54) is 10.8 Å². The molecular weight excluding hydrogens is 224 g/mol. The number of aromatic carboxylic acids is 1. The Morgan fingerprint density at radius 2 is 2.12 bits per heavy atom. The second kappa shape index (κ2) is 4.57. The largest absolute Gasteiger partial charge is 0.477 e. The van der Waals surface area contributed by atoms with E-state index < -0.39 is 10.9 Å². The first kappa shape index (κ1) is 13.2. The summed E-state index contributed by atoms with van der Waals surface area (Å²) in [5.74, 6) is -1.15. The molecule has 0 saturated heterocycles. The van der Waals surface area contributed by atoms with Crippen LogP contribution in [0.4, 0.5) is 5.69 Å². The Bertz CT molecular complexity index is 443. The van der Waals surface area contributed by atoms with Crippen LogP contribution in [0.25, 0.3) is 0 Å². The predicted octanol–water partition coefficient (Wildman–Crippen LogP) is 2.53. The maximum Gasteiger partial charge on any atom is 0.352 e. The third-order valence-corrected chi connectivity index (χ3v) is 2.41. The fraction of sp³-hybridized carbons (Fsp3) is 0.545. The molecule has 0 amide bonds. The van der Waals surface area contributed by atoms with E-state index in [0.717, 1.165) is 12.5 Å². The van der Waals surface area contributed by atoms with Gasteiger partial charge in [0, 0.05) is 12.6 Å². The Balaban J connectivity index is 2.97. The molecule has 0 aliphatic rings. The summed E-state index contributed by atoms with van der Waals surface area (Å²) in [4.78, 5) is 20.9. The first-order valence-corrected chi connectivity index (χ1v) is 5.28. The molecule has 6 heteroatoms. The van der Waals surface area contributed by atoms with Crippen molar-refractivity contribution >= 4 is 11.7 Å². The van der Waals surface area contributed by atoms with Gasteiger partial charge >= 0.3 is 5.97 Å². The molecule has 0 aliphatic carbocycles. The lowest BCUT2D eigenvalue weighted by atomic mass is 9.92. The van der Waals surface area contributed by atoms with Gasteiger partial charge in [-0.15, -0.1) is 0 Å². The first-order chi connectivity index (χ1) is 7.70. The number of nitro groups is 1. The van der Waals surface area contributed by atoms with Crippen molar-refractivity contribution < 1.29 is 14.8 Å². The number of carboxylic acid groups (broad SMARTS) is 1. The van der Waals surface area contributed by atoms with E-state index in [1.54, 1.807) is 0 Å². The van der Waals surface area contributed by atoms with Crippen LogP contribution in [-0.4, -0.2) is 20.6 Å². The highest BCUT2D eigenvalue weighted by Crippen LogP contribution is 2.22. The van der Waals surface area contributed by atoms with Crippen LogP contribution in [0.1, 0.15) is 37.7 Å². The van der Waals surface area contributed by atoms with Gasteiger partial charge in [0.1, 0.15) is 5.69 Å². The average molecular weight is 240 g/mol. The molecule has 0 atom stereocenters. The average Bonchev–Trinajstić information content (AvgIpc) is 2.57. The Morgan fingerprint density at radius 3 is 2.53 bits per heavy atom. The predicted molar refractivity (Wildman–Crippen MR) is 62.1 cm³/mol. The highest BCUT2D eigenvalue weighted by atomic mass is 16.6. The molecule has 0 aliphatic heterocycles. The van der Waals surface area contributed by atoms with Gasteiger partial charge in [0.25, 0.3) is 5.69 Å². The van der Waals surface area contributed by atoms with Crippen molar-refractivity contribution in [2.75, 3.05) is 0 Å². The van der Waals surface area contributed by atoms with Gasteiger partial charge in [-0.2, -0.15) is 0 Å². The molecule has 1 rings (SSSR count). The molecule has 94 valence electrons. The number of rotatable bonds is 4. The Morgan fingerprint density at radius 1 is 1.53 bits per heavy atom. The molecule has 1 aromatic heterocycles. The summed E-state index contributed by atoms with van der Waals surface area (Å²) in [5.41, 5.74) is -0.174. The molecule has 0 spiro atoms. The fourth-order valence-electron chi connectivity index (χ4n) is 1.41. The maximum atomic E-state index is 10.9. The third-order valence-electron chi connectivity index (χ3n) is 2.41. The van der Waals surface area contributed by atoms with Gasteiger partial charge in [0.2, 0.25) is 0 Å². The topological polar surface area (TPSA) is 85.4 Å². The number of aromatic nitrogens is 1. The SMILES string of the molecule is CC(C)(C)CCn1cc([N+](=O)[O-])cc1C(=O)O. The first-order valence-electron chi connectivity index (χ1n) is 5.28. The molecule has 0 saturated carbocycles. The van der Waals surface area contributed by atoms with Crippen molar-refractivity contribution in [1.29, 1.82) is 0 Å². The Hall–Kier alpha value is -1.85. The van der Waals surface area contributed by atoms with Gasteiger partial charge in [-0.3, -0.25) is 10.1 Å². The van der Waals surface area contributed by atoms with Crippen molar-refractivity contribution in [3.63, 3.8) is 0 Å². The van der Waals surface area contributed by atoms with Crippen LogP contribution < -0.4 is 0 Å². The van der Waals surface area contributed by atoms with Crippen LogP contribution in [0.15, 0.2) is 12.3 Å². The molecule has 6 nitrogen and oxygen atoms in total. The summed E-state index contributed by atoms with van der Waals surface area (Å²) in [6, 6.07) is 1.09. The van der Waals surface area contributed by atoms with Gasteiger partial charge in [-0.25, -0.2) is 4.79 Å². The van der Waals surface area contributed by atoms with Crippen molar-refractivity contribution in [2.24, 2.45) is 5.41 Å². The molecule has 17 heavy (non-hydrogen) atoms. The minimum Gasteiger partial charge on any atom is -0.477 e. The van der Waals surface area contributed by atoms with Crippen LogP contribution in [-0.2, 0) is 6.54 Å². The summed E-state index contributed by atoms with van der Waals surface area (Å²) >= 11 is 0. The van der Waals surface area contributed by atoms with Crippen molar-refractivity contribution in [3.8, 4) is 0 Å². The molecule has 1 heterocycles. The highest BCUT2D eigenvalue weighted by Gasteiger charge is 2.20. The number of hydrogen-bond acceptors (Lipinski definition) is 3. The van der Waals surface area contributed by atoms with E-state index in [1.807, 2.05) is 20.8 Å². The van der Waals surface area contributed by atoms with E-state index in [0.29, 0.717) is 6.54 Å². The lowest BCUT2D eigenvalue weighted by Crippen LogP contribution is -2.13. The maximum absolute atomic E-state index is 10.9.